The molecule has 0 saturated carbocycles. The molecule has 96 valence electrons. The van der Waals surface area contributed by atoms with E-state index in [1.54, 1.807) is 6.92 Å². The Kier molecular flexibility index (Phi) is 5.78. The van der Waals surface area contributed by atoms with Crippen LogP contribution in [0.25, 0.3) is 0 Å². The van der Waals surface area contributed by atoms with Crippen LogP contribution in [0.5, 0.6) is 0 Å². The number of rotatable bonds is 6. The number of nitrogens with zero attached hydrogens (tertiary/aromatic N) is 2. The van der Waals surface area contributed by atoms with Gasteiger partial charge in [0.15, 0.2) is 0 Å². The topological polar surface area (TPSA) is 36.4 Å². The molecule has 0 fully saturated rings. The summed E-state index contributed by atoms with van der Waals surface area (Å²) in [7, 11) is 2.10. The van der Waals surface area contributed by atoms with Gasteiger partial charge < -0.3 is 10.0 Å². The van der Waals surface area contributed by atoms with Crippen LogP contribution in [0.1, 0.15) is 32.1 Å². The van der Waals surface area contributed by atoms with Crippen molar-refractivity contribution in [2.75, 3.05) is 24.0 Å². The molecule has 4 heteroatoms. The first-order valence-corrected chi connectivity index (χ1v) is 7.35. The zero-order chi connectivity index (χ0) is 12.8. The number of thioether (sulfide) groups is 1. The van der Waals surface area contributed by atoms with Gasteiger partial charge in [-0.1, -0.05) is 6.92 Å². The fourth-order valence-corrected chi connectivity index (χ4v) is 2.60. The molecular weight excluding hydrogens is 232 g/mol. The van der Waals surface area contributed by atoms with Gasteiger partial charge in [0, 0.05) is 18.8 Å². The van der Waals surface area contributed by atoms with Crippen LogP contribution in [-0.4, -0.2) is 35.2 Å². The molecule has 1 aromatic heterocycles. The molecule has 0 bridgehead atoms. The second kappa shape index (κ2) is 6.87. The van der Waals surface area contributed by atoms with E-state index in [0.29, 0.717) is 6.04 Å². The smallest absolute Gasteiger partial charge is 0.0931 e. The molecule has 17 heavy (non-hydrogen) atoms. The van der Waals surface area contributed by atoms with E-state index in [1.165, 1.54) is 0 Å². The van der Waals surface area contributed by atoms with Crippen LogP contribution in [0.4, 0.5) is 5.69 Å². The standard InChI is InChI=1S/C13H22N2OS/c1-5-11(9-17-4)15(3)12-6-7-13(10(2)16)14-8-12/h6-8,10-11,16H,5,9H2,1-4H3. The van der Waals surface area contributed by atoms with E-state index in [1.807, 2.05) is 30.1 Å². The van der Waals surface area contributed by atoms with Crippen LogP contribution in [0.2, 0.25) is 0 Å². The second-order valence-electron chi connectivity index (χ2n) is 4.25. The first kappa shape index (κ1) is 14.3. The summed E-state index contributed by atoms with van der Waals surface area (Å²) in [6, 6.07) is 4.45. The molecule has 1 N–H and O–H groups in total. The van der Waals surface area contributed by atoms with Crippen LogP contribution in [0.15, 0.2) is 18.3 Å². The van der Waals surface area contributed by atoms with Gasteiger partial charge >= 0.3 is 0 Å². The lowest BCUT2D eigenvalue weighted by Crippen LogP contribution is -2.33. The summed E-state index contributed by atoms with van der Waals surface area (Å²) in [5.41, 5.74) is 1.83. The molecular formula is C13H22N2OS. The monoisotopic (exact) mass is 254 g/mol. The lowest BCUT2D eigenvalue weighted by Gasteiger charge is -2.28. The summed E-state index contributed by atoms with van der Waals surface area (Å²) in [5.74, 6) is 1.12. The molecule has 1 heterocycles. The molecule has 0 saturated heterocycles. The molecule has 1 rings (SSSR count). The normalized spacial score (nSPS) is 14.4. The Hall–Kier alpha value is -0.740. The number of aliphatic hydroxyl groups excluding tert-OH is 1. The zero-order valence-corrected chi connectivity index (χ0v) is 11.9. The molecule has 2 atom stereocenters. The Morgan fingerprint density at radius 1 is 1.47 bits per heavy atom. The van der Waals surface area contributed by atoms with Crippen LogP contribution in [0, 0.1) is 0 Å². The van der Waals surface area contributed by atoms with E-state index < -0.39 is 6.10 Å². The lowest BCUT2D eigenvalue weighted by molar-refractivity contribution is 0.194. The Morgan fingerprint density at radius 3 is 2.59 bits per heavy atom. The van der Waals surface area contributed by atoms with Gasteiger partial charge in [0.1, 0.15) is 0 Å². The van der Waals surface area contributed by atoms with Gasteiger partial charge in [-0.15, -0.1) is 0 Å². The maximum Gasteiger partial charge on any atom is 0.0931 e. The van der Waals surface area contributed by atoms with Crippen molar-refractivity contribution in [1.82, 2.24) is 4.98 Å². The average Bonchev–Trinajstić information content (AvgIpc) is 2.35. The average molecular weight is 254 g/mol. The van der Waals surface area contributed by atoms with Crippen molar-refractivity contribution in [3.63, 3.8) is 0 Å². The zero-order valence-electron chi connectivity index (χ0n) is 11.1. The SMILES string of the molecule is CCC(CSC)N(C)c1ccc(C(C)O)nc1. The van der Waals surface area contributed by atoms with E-state index in [0.717, 1.165) is 23.6 Å². The highest BCUT2D eigenvalue weighted by molar-refractivity contribution is 7.98. The Bertz CT molecular complexity index is 327. The maximum atomic E-state index is 9.41. The van der Waals surface area contributed by atoms with Gasteiger partial charge in [-0.05, 0) is 31.7 Å². The summed E-state index contributed by atoms with van der Waals surface area (Å²) < 4.78 is 0. The molecule has 0 radical (unpaired) electrons. The minimum atomic E-state index is -0.498. The van der Waals surface area contributed by atoms with Gasteiger partial charge in [-0.3, -0.25) is 4.98 Å². The van der Waals surface area contributed by atoms with Crippen molar-refractivity contribution in [2.24, 2.45) is 0 Å². The fourth-order valence-electron chi connectivity index (χ4n) is 1.76. The molecule has 0 aliphatic carbocycles. The van der Waals surface area contributed by atoms with Gasteiger partial charge in [-0.25, -0.2) is 0 Å². The van der Waals surface area contributed by atoms with E-state index in [2.05, 4.69) is 30.1 Å². The third-order valence-electron chi connectivity index (χ3n) is 2.98. The van der Waals surface area contributed by atoms with Gasteiger partial charge in [0.05, 0.1) is 23.7 Å². The van der Waals surface area contributed by atoms with Crippen LogP contribution in [0.3, 0.4) is 0 Å². The molecule has 3 nitrogen and oxygen atoms in total. The summed E-state index contributed by atoms with van der Waals surface area (Å²) >= 11 is 1.86. The third-order valence-corrected chi connectivity index (χ3v) is 3.70. The molecule has 1 aromatic rings. The van der Waals surface area contributed by atoms with Crippen molar-refractivity contribution in [1.29, 1.82) is 0 Å². The maximum absolute atomic E-state index is 9.41. The minimum absolute atomic E-state index is 0.498. The fraction of sp³-hybridized carbons (Fsp3) is 0.615. The number of aromatic nitrogens is 1. The number of pyridine rings is 1. The number of hydrogen-bond acceptors (Lipinski definition) is 4. The number of anilines is 1. The van der Waals surface area contributed by atoms with Gasteiger partial charge in [-0.2, -0.15) is 11.8 Å². The Balaban J connectivity index is 2.77. The lowest BCUT2D eigenvalue weighted by atomic mass is 10.2. The highest BCUT2D eigenvalue weighted by Crippen LogP contribution is 2.19. The molecule has 0 aliphatic heterocycles. The molecule has 0 aliphatic rings. The van der Waals surface area contributed by atoms with E-state index in [9.17, 15) is 5.11 Å². The van der Waals surface area contributed by atoms with E-state index in [-0.39, 0.29) is 0 Å². The summed E-state index contributed by atoms with van der Waals surface area (Å²) in [6.07, 6.45) is 4.59. The minimum Gasteiger partial charge on any atom is -0.387 e. The summed E-state index contributed by atoms with van der Waals surface area (Å²) in [6.45, 7) is 3.93. The van der Waals surface area contributed by atoms with Crippen LogP contribution < -0.4 is 4.90 Å². The van der Waals surface area contributed by atoms with Crippen LogP contribution in [-0.2, 0) is 0 Å². The number of aliphatic hydroxyl groups is 1. The summed E-state index contributed by atoms with van der Waals surface area (Å²) in [5, 5.41) is 9.41. The predicted molar refractivity (Wildman–Crippen MR) is 75.7 cm³/mol. The van der Waals surface area contributed by atoms with E-state index >= 15 is 0 Å². The van der Waals surface area contributed by atoms with Crippen LogP contribution >= 0.6 is 11.8 Å². The van der Waals surface area contributed by atoms with Crippen molar-refractivity contribution in [2.45, 2.75) is 32.4 Å². The van der Waals surface area contributed by atoms with Crippen molar-refractivity contribution in [3.8, 4) is 0 Å². The first-order valence-electron chi connectivity index (χ1n) is 5.95. The van der Waals surface area contributed by atoms with Gasteiger partial charge in [0.2, 0.25) is 0 Å². The van der Waals surface area contributed by atoms with Crippen molar-refractivity contribution in [3.05, 3.63) is 24.0 Å². The largest absolute Gasteiger partial charge is 0.387 e. The molecule has 0 amide bonds. The predicted octanol–water partition coefficient (Wildman–Crippen LogP) is 2.71. The highest BCUT2D eigenvalue weighted by atomic mass is 32.2. The first-order chi connectivity index (χ1) is 8.10. The molecule has 2 unspecified atom stereocenters. The van der Waals surface area contributed by atoms with E-state index in [4.69, 9.17) is 0 Å². The van der Waals surface area contributed by atoms with Gasteiger partial charge in [0.25, 0.3) is 0 Å². The van der Waals surface area contributed by atoms with Crippen molar-refractivity contribution >= 4 is 17.4 Å². The highest BCUT2D eigenvalue weighted by Gasteiger charge is 2.13. The second-order valence-corrected chi connectivity index (χ2v) is 5.16. The Labute approximate surface area is 108 Å². The molecule has 0 spiro atoms. The Morgan fingerprint density at radius 2 is 2.18 bits per heavy atom. The number of hydrogen-bond donors (Lipinski definition) is 1. The molecule has 0 aromatic carbocycles. The quantitative estimate of drug-likeness (QED) is 0.847. The van der Waals surface area contributed by atoms with Crippen molar-refractivity contribution < 1.29 is 5.11 Å². The third kappa shape index (κ3) is 3.89. The summed E-state index contributed by atoms with van der Waals surface area (Å²) in [4.78, 5) is 6.54.